The molecule has 1 aliphatic rings. The maximum atomic E-state index is 12.0. The fraction of sp³-hybridized carbons (Fsp3) is 0.923. The number of methoxy groups -OCH3 is 1. The Balaban J connectivity index is 2.36. The fourth-order valence-electron chi connectivity index (χ4n) is 2.20. The van der Waals surface area contributed by atoms with Crippen LogP contribution in [0.1, 0.15) is 46.0 Å². The zero-order chi connectivity index (χ0) is 12.9. The summed E-state index contributed by atoms with van der Waals surface area (Å²) in [6.07, 6.45) is 4.70. The Kier molecular flexibility index (Phi) is 4.95. The summed E-state index contributed by atoms with van der Waals surface area (Å²) in [5.41, 5.74) is 5.54. The Bertz CT molecular complexity index is 258. The van der Waals surface area contributed by atoms with Gasteiger partial charge in [0.1, 0.15) is 0 Å². The molecule has 1 amide bonds. The van der Waals surface area contributed by atoms with Crippen LogP contribution in [0.2, 0.25) is 0 Å². The molecular weight excluding hydrogens is 216 g/mol. The molecule has 0 aromatic carbocycles. The highest BCUT2D eigenvalue weighted by atomic mass is 16.5. The number of ether oxygens (including phenoxy) is 1. The normalized spacial score (nSPS) is 19.3. The molecule has 0 unspecified atom stereocenters. The van der Waals surface area contributed by atoms with Crippen LogP contribution in [0.15, 0.2) is 0 Å². The summed E-state index contributed by atoms with van der Waals surface area (Å²) in [6.45, 7) is 5.64. The monoisotopic (exact) mass is 242 g/mol. The molecule has 3 N–H and O–H groups in total. The van der Waals surface area contributed by atoms with Gasteiger partial charge in [0.25, 0.3) is 0 Å². The van der Waals surface area contributed by atoms with Gasteiger partial charge in [0.15, 0.2) is 0 Å². The molecule has 100 valence electrons. The van der Waals surface area contributed by atoms with Crippen LogP contribution < -0.4 is 11.1 Å². The van der Waals surface area contributed by atoms with Crippen LogP contribution >= 0.6 is 0 Å². The smallest absolute Gasteiger partial charge is 0.240 e. The summed E-state index contributed by atoms with van der Waals surface area (Å²) in [6, 6.07) is 0. The highest BCUT2D eigenvalue weighted by Crippen LogP contribution is 2.27. The van der Waals surface area contributed by atoms with Crippen molar-refractivity contribution < 1.29 is 9.53 Å². The molecule has 4 heteroatoms. The van der Waals surface area contributed by atoms with Crippen molar-refractivity contribution in [3.8, 4) is 0 Å². The summed E-state index contributed by atoms with van der Waals surface area (Å²) in [7, 11) is 1.70. The molecule has 0 atom stereocenters. The van der Waals surface area contributed by atoms with E-state index in [4.69, 9.17) is 10.5 Å². The van der Waals surface area contributed by atoms with E-state index in [2.05, 4.69) is 19.2 Å². The molecule has 0 aromatic heterocycles. The minimum atomic E-state index is -0.614. The Morgan fingerprint density at radius 2 is 2.00 bits per heavy atom. The molecule has 0 aliphatic heterocycles. The zero-order valence-electron chi connectivity index (χ0n) is 11.3. The van der Waals surface area contributed by atoms with E-state index in [-0.39, 0.29) is 11.3 Å². The van der Waals surface area contributed by atoms with Crippen molar-refractivity contribution in [1.29, 1.82) is 0 Å². The zero-order valence-corrected chi connectivity index (χ0v) is 11.3. The van der Waals surface area contributed by atoms with Gasteiger partial charge < -0.3 is 15.8 Å². The summed E-state index contributed by atoms with van der Waals surface area (Å²) < 4.78 is 5.07. The first-order valence-corrected chi connectivity index (χ1v) is 6.46. The molecule has 0 bridgehead atoms. The largest absolute Gasteiger partial charge is 0.385 e. The second-order valence-electron chi connectivity index (χ2n) is 5.95. The number of hydrogen-bond acceptors (Lipinski definition) is 3. The first kappa shape index (κ1) is 14.5. The van der Waals surface area contributed by atoms with Crippen molar-refractivity contribution in [2.75, 3.05) is 20.3 Å². The average molecular weight is 242 g/mol. The molecule has 1 rings (SSSR count). The van der Waals surface area contributed by atoms with Crippen molar-refractivity contribution in [1.82, 2.24) is 5.32 Å². The van der Waals surface area contributed by atoms with E-state index >= 15 is 0 Å². The van der Waals surface area contributed by atoms with Gasteiger partial charge in [0.05, 0.1) is 5.54 Å². The van der Waals surface area contributed by atoms with Gasteiger partial charge >= 0.3 is 0 Å². The van der Waals surface area contributed by atoms with Gasteiger partial charge in [0, 0.05) is 20.3 Å². The molecule has 0 saturated heterocycles. The number of nitrogens with two attached hydrogens (primary N) is 1. The number of rotatable bonds is 6. The lowest BCUT2D eigenvalue weighted by Gasteiger charge is -2.28. The van der Waals surface area contributed by atoms with Crippen LogP contribution in [0.25, 0.3) is 0 Å². The van der Waals surface area contributed by atoms with Crippen LogP contribution in [0.4, 0.5) is 0 Å². The number of carbonyl (C=O) groups is 1. The summed E-state index contributed by atoms with van der Waals surface area (Å²) in [5, 5.41) is 2.99. The van der Waals surface area contributed by atoms with Crippen molar-refractivity contribution >= 4 is 5.91 Å². The molecule has 17 heavy (non-hydrogen) atoms. The number of amides is 1. The molecule has 1 saturated carbocycles. The third-order valence-electron chi connectivity index (χ3n) is 3.66. The third kappa shape index (κ3) is 4.28. The lowest BCUT2D eigenvalue weighted by molar-refractivity contribution is -0.126. The Labute approximate surface area is 104 Å². The van der Waals surface area contributed by atoms with Gasteiger partial charge in [-0.2, -0.15) is 0 Å². The standard InChI is InChI=1S/C13H26N2O2/c1-12(2,8-9-17-3)10-15-11(16)13(14)6-4-5-7-13/h4-10,14H2,1-3H3,(H,15,16). The molecule has 0 heterocycles. The van der Waals surface area contributed by atoms with E-state index in [1.54, 1.807) is 7.11 Å². The van der Waals surface area contributed by atoms with Crippen LogP contribution in [0.5, 0.6) is 0 Å². The van der Waals surface area contributed by atoms with Crippen LogP contribution in [0.3, 0.4) is 0 Å². The van der Waals surface area contributed by atoms with E-state index in [9.17, 15) is 4.79 Å². The molecule has 0 radical (unpaired) electrons. The van der Waals surface area contributed by atoms with Crippen LogP contribution in [-0.4, -0.2) is 31.7 Å². The third-order valence-corrected chi connectivity index (χ3v) is 3.66. The van der Waals surface area contributed by atoms with E-state index in [1.165, 1.54) is 0 Å². The molecule has 4 nitrogen and oxygen atoms in total. The Morgan fingerprint density at radius 1 is 1.41 bits per heavy atom. The Morgan fingerprint density at radius 3 is 2.53 bits per heavy atom. The van der Waals surface area contributed by atoms with Crippen molar-refractivity contribution in [3.05, 3.63) is 0 Å². The van der Waals surface area contributed by atoms with Crippen LogP contribution in [-0.2, 0) is 9.53 Å². The lowest BCUT2D eigenvalue weighted by atomic mass is 9.89. The second-order valence-corrected chi connectivity index (χ2v) is 5.95. The minimum Gasteiger partial charge on any atom is -0.385 e. The summed E-state index contributed by atoms with van der Waals surface area (Å²) in [5.74, 6) is 0.0143. The average Bonchev–Trinajstić information content (AvgIpc) is 2.72. The van der Waals surface area contributed by atoms with E-state index in [0.29, 0.717) is 6.54 Å². The quantitative estimate of drug-likeness (QED) is 0.740. The number of nitrogens with one attached hydrogen (secondary N) is 1. The van der Waals surface area contributed by atoms with E-state index in [0.717, 1.165) is 38.7 Å². The maximum absolute atomic E-state index is 12.0. The SMILES string of the molecule is COCCC(C)(C)CNC(=O)C1(N)CCCC1. The van der Waals surface area contributed by atoms with Crippen molar-refractivity contribution in [3.63, 3.8) is 0 Å². The lowest BCUT2D eigenvalue weighted by Crippen LogP contribution is -2.53. The highest BCUT2D eigenvalue weighted by Gasteiger charge is 2.37. The van der Waals surface area contributed by atoms with E-state index < -0.39 is 5.54 Å². The maximum Gasteiger partial charge on any atom is 0.240 e. The highest BCUT2D eigenvalue weighted by molar-refractivity contribution is 5.86. The van der Waals surface area contributed by atoms with Gasteiger partial charge in [-0.05, 0) is 24.7 Å². The number of hydrogen-bond donors (Lipinski definition) is 2. The molecule has 0 spiro atoms. The van der Waals surface area contributed by atoms with Gasteiger partial charge in [-0.15, -0.1) is 0 Å². The van der Waals surface area contributed by atoms with Gasteiger partial charge in [-0.25, -0.2) is 0 Å². The first-order valence-electron chi connectivity index (χ1n) is 6.46. The summed E-state index contributed by atoms with van der Waals surface area (Å²) in [4.78, 5) is 12.0. The number of carbonyl (C=O) groups excluding carboxylic acids is 1. The molecule has 0 aromatic rings. The predicted octanol–water partition coefficient (Wildman–Crippen LogP) is 1.44. The van der Waals surface area contributed by atoms with E-state index in [1.807, 2.05) is 0 Å². The van der Waals surface area contributed by atoms with Gasteiger partial charge in [-0.3, -0.25) is 4.79 Å². The molecule has 1 aliphatic carbocycles. The van der Waals surface area contributed by atoms with Gasteiger partial charge in [-0.1, -0.05) is 26.7 Å². The Hall–Kier alpha value is -0.610. The van der Waals surface area contributed by atoms with Crippen molar-refractivity contribution in [2.24, 2.45) is 11.1 Å². The van der Waals surface area contributed by atoms with Crippen LogP contribution in [0, 0.1) is 5.41 Å². The molecular formula is C13H26N2O2. The molecule has 1 fully saturated rings. The fourth-order valence-corrected chi connectivity index (χ4v) is 2.20. The van der Waals surface area contributed by atoms with Crippen molar-refractivity contribution in [2.45, 2.75) is 51.5 Å². The summed E-state index contributed by atoms with van der Waals surface area (Å²) >= 11 is 0. The van der Waals surface area contributed by atoms with Gasteiger partial charge in [0.2, 0.25) is 5.91 Å². The topological polar surface area (TPSA) is 64.3 Å². The minimum absolute atomic E-state index is 0.0143. The second kappa shape index (κ2) is 5.83. The predicted molar refractivity (Wildman–Crippen MR) is 68.7 cm³/mol. The first-order chi connectivity index (χ1) is 7.90.